The maximum Gasteiger partial charge on any atom is 0.126 e. The van der Waals surface area contributed by atoms with E-state index in [4.69, 9.17) is 0 Å². The van der Waals surface area contributed by atoms with E-state index in [1.54, 1.807) is 0 Å². The molecule has 1 heterocycles. The third-order valence-electron chi connectivity index (χ3n) is 2.58. The molecule has 0 fully saturated rings. The third kappa shape index (κ3) is 3.43. The topological polar surface area (TPSA) is 37.0 Å². The Bertz CT molecular complexity index is 480. The van der Waals surface area contributed by atoms with E-state index in [1.165, 1.54) is 5.39 Å². The average Bonchev–Trinajstić information content (AvgIpc) is 2.34. The summed E-state index contributed by atoms with van der Waals surface area (Å²) in [7, 11) is 0. The van der Waals surface area contributed by atoms with Gasteiger partial charge in [-0.2, -0.15) is 0 Å². The Labute approximate surface area is 102 Å². The van der Waals surface area contributed by atoms with Gasteiger partial charge < -0.3 is 10.6 Å². The molecular formula is C14H19N3. The molecule has 0 bridgehead atoms. The standard InChI is InChI=1S/C14H19N3/c1-11(2)15-9-10-16-14-8-7-12-5-3-4-6-13(12)17-14/h3-8,11,15H,9-10H2,1-2H3,(H,16,17). The van der Waals surface area contributed by atoms with E-state index >= 15 is 0 Å². The van der Waals surface area contributed by atoms with Gasteiger partial charge in [-0.15, -0.1) is 0 Å². The molecule has 0 aliphatic rings. The van der Waals surface area contributed by atoms with E-state index < -0.39 is 0 Å². The van der Waals surface area contributed by atoms with Crippen molar-refractivity contribution in [2.75, 3.05) is 18.4 Å². The van der Waals surface area contributed by atoms with Crippen LogP contribution >= 0.6 is 0 Å². The Hall–Kier alpha value is -1.61. The molecule has 1 aromatic carbocycles. The number of nitrogens with one attached hydrogen (secondary N) is 2. The van der Waals surface area contributed by atoms with Crippen molar-refractivity contribution in [1.29, 1.82) is 0 Å². The second kappa shape index (κ2) is 5.64. The maximum atomic E-state index is 4.55. The number of hydrogen-bond acceptors (Lipinski definition) is 3. The number of para-hydroxylation sites is 1. The molecule has 0 saturated heterocycles. The molecule has 3 nitrogen and oxygen atoms in total. The highest BCUT2D eigenvalue weighted by atomic mass is 15.0. The zero-order valence-electron chi connectivity index (χ0n) is 10.4. The van der Waals surface area contributed by atoms with Crippen molar-refractivity contribution < 1.29 is 0 Å². The minimum absolute atomic E-state index is 0.529. The van der Waals surface area contributed by atoms with Crippen LogP contribution < -0.4 is 10.6 Å². The van der Waals surface area contributed by atoms with E-state index in [-0.39, 0.29) is 0 Å². The largest absolute Gasteiger partial charge is 0.369 e. The lowest BCUT2D eigenvalue weighted by Gasteiger charge is -2.09. The van der Waals surface area contributed by atoms with Crippen LogP contribution in [0.25, 0.3) is 10.9 Å². The first-order valence-corrected chi connectivity index (χ1v) is 6.09. The second-order valence-corrected chi connectivity index (χ2v) is 4.42. The highest BCUT2D eigenvalue weighted by molar-refractivity contribution is 5.79. The van der Waals surface area contributed by atoms with Crippen LogP contribution in [0.15, 0.2) is 36.4 Å². The van der Waals surface area contributed by atoms with Crippen molar-refractivity contribution in [2.24, 2.45) is 0 Å². The number of pyridine rings is 1. The Morgan fingerprint density at radius 3 is 2.71 bits per heavy atom. The van der Waals surface area contributed by atoms with Gasteiger partial charge in [0, 0.05) is 24.5 Å². The number of benzene rings is 1. The molecule has 0 spiro atoms. The smallest absolute Gasteiger partial charge is 0.126 e. The minimum Gasteiger partial charge on any atom is -0.369 e. The first-order valence-electron chi connectivity index (χ1n) is 6.09. The fourth-order valence-corrected chi connectivity index (χ4v) is 1.72. The van der Waals surface area contributed by atoms with Crippen LogP contribution in [0.2, 0.25) is 0 Å². The van der Waals surface area contributed by atoms with Gasteiger partial charge in [0.1, 0.15) is 5.82 Å². The number of fused-ring (bicyclic) bond motifs is 1. The summed E-state index contributed by atoms with van der Waals surface area (Å²) in [5.41, 5.74) is 1.04. The zero-order valence-corrected chi connectivity index (χ0v) is 10.4. The van der Waals surface area contributed by atoms with Crippen LogP contribution in [0.1, 0.15) is 13.8 Å². The van der Waals surface area contributed by atoms with Gasteiger partial charge in [-0.05, 0) is 18.2 Å². The monoisotopic (exact) mass is 229 g/mol. The van der Waals surface area contributed by atoms with Crippen molar-refractivity contribution in [1.82, 2.24) is 10.3 Å². The number of anilines is 1. The average molecular weight is 229 g/mol. The molecule has 3 heteroatoms. The lowest BCUT2D eigenvalue weighted by molar-refractivity contribution is 0.602. The number of nitrogens with zero attached hydrogens (tertiary/aromatic N) is 1. The van der Waals surface area contributed by atoms with Gasteiger partial charge in [-0.25, -0.2) is 4.98 Å². The van der Waals surface area contributed by atoms with Gasteiger partial charge in [0.15, 0.2) is 0 Å². The summed E-state index contributed by atoms with van der Waals surface area (Å²) in [5, 5.41) is 7.86. The molecule has 2 rings (SSSR count). The lowest BCUT2D eigenvalue weighted by Crippen LogP contribution is -2.28. The molecule has 0 atom stereocenters. The van der Waals surface area contributed by atoms with Gasteiger partial charge in [0.05, 0.1) is 5.52 Å². The molecule has 17 heavy (non-hydrogen) atoms. The van der Waals surface area contributed by atoms with E-state index in [9.17, 15) is 0 Å². The first kappa shape index (κ1) is 11.9. The van der Waals surface area contributed by atoms with Crippen LogP contribution in [0.4, 0.5) is 5.82 Å². The fourth-order valence-electron chi connectivity index (χ4n) is 1.72. The van der Waals surface area contributed by atoms with Gasteiger partial charge in [-0.1, -0.05) is 32.0 Å². The maximum absolute atomic E-state index is 4.55. The quantitative estimate of drug-likeness (QED) is 0.774. The van der Waals surface area contributed by atoms with Crippen molar-refractivity contribution in [2.45, 2.75) is 19.9 Å². The molecule has 2 aromatic rings. The molecule has 0 unspecified atom stereocenters. The SMILES string of the molecule is CC(C)NCCNc1ccc2ccccc2n1. The molecule has 0 aliphatic carbocycles. The predicted molar refractivity (Wildman–Crippen MR) is 73.4 cm³/mol. The van der Waals surface area contributed by atoms with E-state index in [1.807, 2.05) is 24.3 Å². The van der Waals surface area contributed by atoms with Gasteiger partial charge in [0.25, 0.3) is 0 Å². The summed E-state index contributed by atoms with van der Waals surface area (Å²) in [6, 6.07) is 12.8. The van der Waals surface area contributed by atoms with Crippen molar-refractivity contribution in [3.63, 3.8) is 0 Å². The summed E-state index contributed by atoms with van der Waals surface area (Å²) < 4.78 is 0. The molecule has 0 saturated carbocycles. The second-order valence-electron chi connectivity index (χ2n) is 4.42. The summed E-state index contributed by atoms with van der Waals surface area (Å²) in [4.78, 5) is 4.55. The molecular weight excluding hydrogens is 210 g/mol. The van der Waals surface area contributed by atoms with Crippen molar-refractivity contribution >= 4 is 16.7 Å². The first-order chi connectivity index (χ1) is 8.25. The molecule has 0 aliphatic heterocycles. The number of aromatic nitrogens is 1. The van der Waals surface area contributed by atoms with Crippen molar-refractivity contribution in [3.8, 4) is 0 Å². The van der Waals surface area contributed by atoms with Crippen LogP contribution in [-0.2, 0) is 0 Å². The normalized spacial score (nSPS) is 11.0. The van der Waals surface area contributed by atoms with Crippen LogP contribution in [-0.4, -0.2) is 24.1 Å². The fraction of sp³-hybridized carbons (Fsp3) is 0.357. The number of rotatable bonds is 5. The van der Waals surface area contributed by atoms with E-state index in [0.29, 0.717) is 6.04 Å². The Morgan fingerprint density at radius 2 is 1.88 bits per heavy atom. The van der Waals surface area contributed by atoms with E-state index in [0.717, 1.165) is 24.4 Å². The predicted octanol–water partition coefficient (Wildman–Crippen LogP) is 2.64. The molecule has 0 amide bonds. The summed E-state index contributed by atoms with van der Waals surface area (Å²) in [6.45, 7) is 6.14. The Balaban J connectivity index is 1.95. The summed E-state index contributed by atoms with van der Waals surface area (Å²) in [5.74, 6) is 0.939. The van der Waals surface area contributed by atoms with Crippen LogP contribution in [0, 0.1) is 0 Å². The van der Waals surface area contributed by atoms with Crippen LogP contribution in [0.5, 0.6) is 0 Å². The molecule has 0 radical (unpaired) electrons. The Kier molecular flexibility index (Phi) is 3.94. The van der Waals surface area contributed by atoms with Crippen LogP contribution in [0.3, 0.4) is 0 Å². The lowest BCUT2D eigenvalue weighted by atomic mass is 10.2. The summed E-state index contributed by atoms with van der Waals surface area (Å²) in [6.07, 6.45) is 0. The summed E-state index contributed by atoms with van der Waals surface area (Å²) >= 11 is 0. The third-order valence-corrected chi connectivity index (χ3v) is 2.58. The van der Waals surface area contributed by atoms with Crippen molar-refractivity contribution in [3.05, 3.63) is 36.4 Å². The molecule has 2 N–H and O–H groups in total. The minimum atomic E-state index is 0.529. The van der Waals surface area contributed by atoms with Gasteiger partial charge >= 0.3 is 0 Å². The zero-order chi connectivity index (χ0) is 12.1. The highest BCUT2D eigenvalue weighted by Crippen LogP contribution is 2.13. The van der Waals surface area contributed by atoms with Gasteiger partial charge in [0.2, 0.25) is 0 Å². The highest BCUT2D eigenvalue weighted by Gasteiger charge is 1.97. The van der Waals surface area contributed by atoms with Gasteiger partial charge in [-0.3, -0.25) is 0 Å². The molecule has 90 valence electrons. The Morgan fingerprint density at radius 1 is 1.06 bits per heavy atom. The van der Waals surface area contributed by atoms with E-state index in [2.05, 4.69) is 41.6 Å². The molecule has 1 aromatic heterocycles. The number of hydrogen-bond donors (Lipinski definition) is 2.